The summed E-state index contributed by atoms with van der Waals surface area (Å²) in [6.45, 7) is 7.14. The standard InChI is InChI=1S/C23H28F3N3O2/c1-16-10-17(2)13-28(12-16)14-19-7-4-3-6-18(19)11-27-21(30)15-29-9-5-8-20(22(29)31)23(24,25)26/h3-9,16-17H,10-15H2,1-2H3,(H,27,30). The topological polar surface area (TPSA) is 54.3 Å². The van der Waals surface area contributed by atoms with Gasteiger partial charge in [0.2, 0.25) is 5.91 Å². The first kappa shape index (κ1) is 23.1. The molecule has 168 valence electrons. The largest absolute Gasteiger partial charge is 0.421 e. The molecule has 0 bridgehead atoms. The van der Waals surface area contributed by atoms with E-state index in [1.165, 1.54) is 12.6 Å². The maximum atomic E-state index is 12.9. The van der Waals surface area contributed by atoms with Crippen LogP contribution >= 0.6 is 0 Å². The van der Waals surface area contributed by atoms with Crippen molar-refractivity contribution >= 4 is 5.91 Å². The van der Waals surface area contributed by atoms with E-state index in [1.807, 2.05) is 24.3 Å². The van der Waals surface area contributed by atoms with Gasteiger partial charge in [-0.05, 0) is 41.5 Å². The third-order valence-electron chi connectivity index (χ3n) is 5.57. The van der Waals surface area contributed by atoms with E-state index < -0.39 is 29.8 Å². The van der Waals surface area contributed by atoms with E-state index >= 15 is 0 Å². The van der Waals surface area contributed by atoms with Gasteiger partial charge in [-0.2, -0.15) is 13.2 Å². The Morgan fingerprint density at radius 2 is 1.71 bits per heavy atom. The number of carbonyl (C=O) groups excluding carboxylic acids is 1. The molecule has 2 atom stereocenters. The molecule has 2 unspecified atom stereocenters. The van der Waals surface area contributed by atoms with Gasteiger partial charge in [-0.3, -0.25) is 14.5 Å². The fourth-order valence-electron chi connectivity index (χ4n) is 4.33. The predicted molar refractivity (Wildman–Crippen MR) is 112 cm³/mol. The molecule has 0 spiro atoms. The zero-order valence-electron chi connectivity index (χ0n) is 17.8. The van der Waals surface area contributed by atoms with Crippen LogP contribution in [0.4, 0.5) is 13.2 Å². The number of benzene rings is 1. The first-order chi connectivity index (χ1) is 14.6. The zero-order valence-corrected chi connectivity index (χ0v) is 17.8. The van der Waals surface area contributed by atoms with Gasteiger partial charge in [-0.1, -0.05) is 38.1 Å². The molecule has 2 aromatic rings. The summed E-state index contributed by atoms with van der Waals surface area (Å²) in [4.78, 5) is 26.8. The molecule has 1 fully saturated rings. The summed E-state index contributed by atoms with van der Waals surface area (Å²) in [7, 11) is 0. The van der Waals surface area contributed by atoms with E-state index in [9.17, 15) is 22.8 Å². The second-order valence-electron chi connectivity index (χ2n) is 8.54. The molecule has 1 amide bonds. The van der Waals surface area contributed by atoms with Gasteiger partial charge in [0.25, 0.3) is 5.56 Å². The van der Waals surface area contributed by atoms with Gasteiger partial charge in [-0.25, -0.2) is 0 Å². The highest BCUT2D eigenvalue weighted by Crippen LogP contribution is 2.26. The number of carbonyl (C=O) groups is 1. The van der Waals surface area contributed by atoms with E-state index in [0.29, 0.717) is 11.8 Å². The van der Waals surface area contributed by atoms with Crippen LogP contribution in [-0.2, 0) is 30.6 Å². The van der Waals surface area contributed by atoms with E-state index in [4.69, 9.17) is 0 Å². The van der Waals surface area contributed by atoms with Gasteiger partial charge in [-0.15, -0.1) is 0 Å². The van der Waals surface area contributed by atoms with Crippen LogP contribution in [0.2, 0.25) is 0 Å². The monoisotopic (exact) mass is 435 g/mol. The van der Waals surface area contributed by atoms with Gasteiger partial charge in [0.1, 0.15) is 12.1 Å². The second-order valence-corrected chi connectivity index (χ2v) is 8.54. The molecule has 1 aromatic heterocycles. The predicted octanol–water partition coefficient (Wildman–Crippen LogP) is 3.66. The Kier molecular flexibility index (Phi) is 7.20. The normalized spacial score (nSPS) is 19.9. The summed E-state index contributed by atoms with van der Waals surface area (Å²) in [6.07, 6.45) is -2.34. The van der Waals surface area contributed by atoms with E-state index in [-0.39, 0.29) is 6.54 Å². The van der Waals surface area contributed by atoms with Crippen LogP contribution in [-0.4, -0.2) is 28.5 Å². The number of hydrogen-bond acceptors (Lipinski definition) is 3. The highest BCUT2D eigenvalue weighted by atomic mass is 19.4. The molecule has 0 saturated carbocycles. The Labute approximate surface area is 179 Å². The average Bonchev–Trinajstić information content (AvgIpc) is 2.67. The van der Waals surface area contributed by atoms with Crippen molar-refractivity contribution in [2.75, 3.05) is 13.1 Å². The van der Waals surface area contributed by atoms with Gasteiger partial charge in [0.15, 0.2) is 0 Å². The summed E-state index contributed by atoms with van der Waals surface area (Å²) in [5, 5.41) is 2.73. The highest BCUT2D eigenvalue weighted by Gasteiger charge is 2.34. The number of hydrogen-bond donors (Lipinski definition) is 1. The van der Waals surface area contributed by atoms with Crippen molar-refractivity contribution in [2.24, 2.45) is 11.8 Å². The van der Waals surface area contributed by atoms with Crippen LogP contribution < -0.4 is 10.9 Å². The summed E-state index contributed by atoms with van der Waals surface area (Å²) in [5.41, 5.74) is -0.435. The number of pyridine rings is 1. The molecule has 1 aliphatic rings. The molecule has 1 aromatic carbocycles. The number of alkyl halides is 3. The van der Waals surface area contributed by atoms with E-state index in [2.05, 4.69) is 24.1 Å². The van der Waals surface area contributed by atoms with Gasteiger partial charge >= 0.3 is 6.18 Å². The lowest BCUT2D eigenvalue weighted by molar-refractivity contribution is -0.139. The molecule has 1 N–H and O–H groups in total. The molecular weight excluding hydrogens is 407 g/mol. The summed E-state index contributed by atoms with van der Waals surface area (Å²) in [5.74, 6) is 0.763. The Hall–Kier alpha value is -2.61. The molecule has 1 saturated heterocycles. The van der Waals surface area contributed by atoms with Crippen LogP contribution in [0.1, 0.15) is 37.0 Å². The van der Waals surface area contributed by atoms with Crippen LogP contribution in [0.15, 0.2) is 47.4 Å². The fraction of sp³-hybridized carbons (Fsp3) is 0.478. The number of rotatable bonds is 6. The van der Waals surface area contributed by atoms with E-state index in [1.54, 1.807) is 0 Å². The van der Waals surface area contributed by atoms with E-state index in [0.717, 1.165) is 47.5 Å². The van der Waals surface area contributed by atoms with Crippen LogP contribution in [0.3, 0.4) is 0 Å². The van der Waals surface area contributed by atoms with Gasteiger partial charge in [0, 0.05) is 32.4 Å². The summed E-state index contributed by atoms with van der Waals surface area (Å²) >= 11 is 0. The SMILES string of the molecule is CC1CC(C)CN(Cc2ccccc2CNC(=O)Cn2cccc(C(F)(F)F)c2=O)C1. The highest BCUT2D eigenvalue weighted by molar-refractivity contribution is 5.75. The van der Waals surface area contributed by atoms with Crippen LogP contribution in [0.5, 0.6) is 0 Å². The minimum absolute atomic E-state index is 0.252. The Balaban J connectivity index is 1.63. The minimum atomic E-state index is -4.75. The first-order valence-electron chi connectivity index (χ1n) is 10.5. The molecule has 0 radical (unpaired) electrons. The lowest BCUT2D eigenvalue weighted by Gasteiger charge is -2.35. The van der Waals surface area contributed by atoms with Crippen molar-refractivity contribution < 1.29 is 18.0 Å². The smallest absolute Gasteiger partial charge is 0.350 e. The summed E-state index contributed by atoms with van der Waals surface area (Å²) < 4.78 is 39.5. The van der Waals surface area contributed by atoms with Crippen LogP contribution in [0, 0.1) is 11.8 Å². The quantitative estimate of drug-likeness (QED) is 0.754. The average molecular weight is 435 g/mol. The molecule has 0 aliphatic carbocycles. The number of nitrogens with zero attached hydrogens (tertiary/aromatic N) is 2. The number of amides is 1. The molecule has 3 rings (SSSR count). The molecule has 1 aliphatic heterocycles. The van der Waals surface area contributed by atoms with Gasteiger partial charge < -0.3 is 9.88 Å². The lowest BCUT2D eigenvalue weighted by Crippen LogP contribution is -2.38. The number of piperidine rings is 1. The second kappa shape index (κ2) is 9.68. The van der Waals surface area contributed by atoms with Crippen molar-refractivity contribution in [1.82, 2.24) is 14.8 Å². The lowest BCUT2D eigenvalue weighted by atomic mass is 9.91. The summed E-state index contributed by atoms with van der Waals surface area (Å²) in [6, 6.07) is 9.65. The number of likely N-dealkylation sites (tertiary alicyclic amines) is 1. The Morgan fingerprint density at radius 1 is 1.06 bits per heavy atom. The molecule has 8 heteroatoms. The third-order valence-corrected chi connectivity index (χ3v) is 5.57. The van der Waals surface area contributed by atoms with Gasteiger partial charge in [0.05, 0.1) is 0 Å². The fourth-order valence-corrected chi connectivity index (χ4v) is 4.33. The Morgan fingerprint density at radius 3 is 2.35 bits per heavy atom. The Bertz CT molecular complexity index is 961. The zero-order chi connectivity index (χ0) is 22.6. The van der Waals surface area contributed by atoms with Crippen molar-refractivity contribution in [3.05, 3.63) is 69.6 Å². The number of nitrogens with one attached hydrogen (secondary N) is 1. The first-order valence-corrected chi connectivity index (χ1v) is 10.5. The van der Waals surface area contributed by atoms with Crippen molar-refractivity contribution in [2.45, 2.75) is 46.1 Å². The number of halogens is 3. The van der Waals surface area contributed by atoms with Crippen LogP contribution in [0.25, 0.3) is 0 Å². The van der Waals surface area contributed by atoms with Crippen molar-refractivity contribution in [1.29, 1.82) is 0 Å². The van der Waals surface area contributed by atoms with Crippen molar-refractivity contribution in [3.8, 4) is 0 Å². The number of aromatic nitrogens is 1. The minimum Gasteiger partial charge on any atom is -0.350 e. The third kappa shape index (κ3) is 6.19. The molecule has 2 heterocycles. The molecule has 31 heavy (non-hydrogen) atoms. The van der Waals surface area contributed by atoms with Crippen molar-refractivity contribution in [3.63, 3.8) is 0 Å². The molecular formula is C23H28F3N3O2. The maximum Gasteiger partial charge on any atom is 0.421 e. The molecule has 5 nitrogen and oxygen atoms in total. The maximum absolute atomic E-state index is 12.9.